The first-order valence-electron chi connectivity index (χ1n) is 4.11. The van der Waals surface area contributed by atoms with Crippen molar-refractivity contribution in [3.63, 3.8) is 0 Å². The molecule has 1 aliphatic heterocycles. The zero-order valence-corrected chi connectivity index (χ0v) is 7.53. The van der Waals surface area contributed by atoms with E-state index in [0.29, 0.717) is 11.6 Å². The quantitative estimate of drug-likeness (QED) is 0.701. The molecular formula is C8H15ClN2. The molecule has 0 aromatic heterocycles. The molecule has 0 saturated carbocycles. The Balaban J connectivity index is 2.09. The van der Waals surface area contributed by atoms with Crippen molar-refractivity contribution < 1.29 is 0 Å². The zero-order valence-electron chi connectivity index (χ0n) is 6.77. The minimum atomic E-state index is 0.676. The second-order valence-corrected chi connectivity index (χ2v) is 3.43. The van der Waals surface area contributed by atoms with Gasteiger partial charge in [0.15, 0.2) is 0 Å². The summed E-state index contributed by atoms with van der Waals surface area (Å²) in [6.45, 7) is 6.60. The van der Waals surface area contributed by atoms with Gasteiger partial charge >= 0.3 is 0 Å². The van der Waals surface area contributed by atoms with Gasteiger partial charge in [-0.15, -0.1) is 0 Å². The van der Waals surface area contributed by atoms with E-state index in [9.17, 15) is 0 Å². The molecule has 3 heteroatoms. The van der Waals surface area contributed by atoms with E-state index in [-0.39, 0.29) is 0 Å². The lowest BCUT2D eigenvalue weighted by Crippen LogP contribution is -2.42. The highest BCUT2D eigenvalue weighted by Crippen LogP contribution is 2.06. The molecule has 1 aliphatic rings. The number of nitrogens with one attached hydrogen (secondary N) is 1. The minimum absolute atomic E-state index is 0.676. The van der Waals surface area contributed by atoms with Crippen LogP contribution in [0, 0.1) is 0 Å². The Morgan fingerprint density at radius 1 is 1.36 bits per heavy atom. The molecule has 0 aliphatic carbocycles. The number of hydrazine groups is 1. The minimum Gasteiger partial charge on any atom is -0.250 e. The maximum absolute atomic E-state index is 5.61. The Morgan fingerprint density at radius 3 is 2.55 bits per heavy atom. The summed E-state index contributed by atoms with van der Waals surface area (Å²) in [6, 6.07) is 0. The van der Waals surface area contributed by atoms with Crippen LogP contribution in [0.15, 0.2) is 11.6 Å². The smallest absolute Gasteiger partial charge is 0.0455 e. The van der Waals surface area contributed by atoms with Crippen LogP contribution in [0.3, 0.4) is 0 Å². The molecule has 0 radical (unpaired) electrons. The second kappa shape index (κ2) is 4.75. The first-order chi connectivity index (χ1) is 5.29. The van der Waals surface area contributed by atoms with Gasteiger partial charge in [-0.25, -0.2) is 10.4 Å². The van der Waals surface area contributed by atoms with Gasteiger partial charge in [-0.3, -0.25) is 0 Å². The number of rotatable bonds is 3. The Labute approximate surface area is 73.2 Å². The average molecular weight is 175 g/mol. The number of halogens is 1. The monoisotopic (exact) mass is 174 g/mol. The fourth-order valence-corrected chi connectivity index (χ4v) is 1.31. The SMILES string of the molecule is C=C(Cl)CNN1CCCCC1. The lowest BCUT2D eigenvalue weighted by atomic mass is 10.2. The predicted molar refractivity (Wildman–Crippen MR) is 48.4 cm³/mol. The number of piperidine rings is 1. The number of hydrogen-bond acceptors (Lipinski definition) is 2. The van der Waals surface area contributed by atoms with Crippen molar-refractivity contribution in [1.29, 1.82) is 0 Å². The van der Waals surface area contributed by atoms with Gasteiger partial charge in [-0.2, -0.15) is 0 Å². The summed E-state index contributed by atoms with van der Waals surface area (Å²) >= 11 is 5.61. The molecule has 0 spiro atoms. The third kappa shape index (κ3) is 3.75. The topological polar surface area (TPSA) is 15.3 Å². The van der Waals surface area contributed by atoms with Gasteiger partial charge in [0.05, 0.1) is 0 Å². The second-order valence-electron chi connectivity index (χ2n) is 2.90. The van der Waals surface area contributed by atoms with E-state index in [1.54, 1.807) is 0 Å². The van der Waals surface area contributed by atoms with E-state index in [2.05, 4.69) is 17.0 Å². The summed E-state index contributed by atoms with van der Waals surface area (Å²) in [5.41, 5.74) is 3.22. The van der Waals surface area contributed by atoms with Gasteiger partial charge in [0.1, 0.15) is 0 Å². The molecule has 0 unspecified atom stereocenters. The Morgan fingerprint density at radius 2 is 2.00 bits per heavy atom. The average Bonchev–Trinajstić information content (AvgIpc) is 2.03. The van der Waals surface area contributed by atoms with Gasteiger partial charge < -0.3 is 0 Å². The fraction of sp³-hybridized carbons (Fsp3) is 0.750. The van der Waals surface area contributed by atoms with Crippen LogP contribution in [-0.2, 0) is 0 Å². The van der Waals surface area contributed by atoms with Crippen LogP contribution in [0.1, 0.15) is 19.3 Å². The third-order valence-corrected chi connectivity index (χ3v) is 1.98. The molecular weight excluding hydrogens is 160 g/mol. The molecule has 0 atom stereocenters. The van der Waals surface area contributed by atoms with Gasteiger partial charge in [-0.05, 0) is 12.8 Å². The Hall–Kier alpha value is -0.0500. The van der Waals surface area contributed by atoms with Crippen LogP contribution in [0.2, 0.25) is 0 Å². The highest BCUT2D eigenvalue weighted by Gasteiger charge is 2.08. The molecule has 0 aromatic rings. The molecule has 1 fully saturated rings. The number of nitrogens with zero attached hydrogens (tertiary/aromatic N) is 1. The first kappa shape index (κ1) is 9.04. The summed E-state index contributed by atoms with van der Waals surface area (Å²) in [7, 11) is 0. The molecule has 0 bridgehead atoms. The normalized spacial score (nSPS) is 20.1. The maximum Gasteiger partial charge on any atom is 0.0455 e. The maximum atomic E-state index is 5.61. The molecule has 1 N–H and O–H groups in total. The van der Waals surface area contributed by atoms with E-state index < -0.39 is 0 Å². The van der Waals surface area contributed by atoms with E-state index >= 15 is 0 Å². The van der Waals surface area contributed by atoms with Crippen molar-refractivity contribution in [2.45, 2.75) is 19.3 Å². The predicted octanol–water partition coefficient (Wildman–Crippen LogP) is 1.73. The Kier molecular flexibility index (Phi) is 3.91. The van der Waals surface area contributed by atoms with E-state index in [1.807, 2.05) is 0 Å². The van der Waals surface area contributed by atoms with E-state index in [0.717, 1.165) is 13.1 Å². The van der Waals surface area contributed by atoms with Crippen molar-refractivity contribution in [2.24, 2.45) is 0 Å². The van der Waals surface area contributed by atoms with Gasteiger partial charge in [0.2, 0.25) is 0 Å². The van der Waals surface area contributed by atoms with Crippen molar-refractivity contribution in [2.75, 3.05) is 19.6 Å². The molecule has 11 heavy (non-hydrogen) atoms. The van der Waals surface area contributed by atoms with Crippen LogP contribution in [0.4, 0.5) is 0 Å². The lowest BCUT2D eigenvalue weighted by Gasteiger charge is -2.26. The van der Waals surface area contributed by atoms with Gasteiger partial charge in [0.25, 0.3) is 0 Å². The van der Waals surface area contributed by atoms with Gasteiger partial charge in [-0.1, -0.05) is 24.6 Å². The summed E-state index contributed by atoms with van der Waals surface area (Å²) in [5.74, 6) is 0. The van der Waals surface area contributed by atoms with Crippen molar-refractivity contribution in [3.05, 3.63) is 11.6 Å². The van der Waals surface area contributed by atoms with Crippen LogP contribution in [-0.4, -0.2) is 24.6 Å². The van der Waals surface area contributed by atoms with E-state index in [4.69, 9.17) is 11.6 Å². The van der Waals surface area contributed by atoms with Crippen LogP contribution in [0.5, 0.6) is 0 Å². The molecule has 1 heterocycles. The van der Waals surface area contributed by atoms with Gasteiger partial charge in [0, 0.05) is 24.7 Å². The molecule has 64 valence electrons. The number of hydrogen-bond donors (Lipinski definition) is 1. The molecule has 2 nitrogen and oxygen atoms in total. The standard InChI is InChI=1S/C8H15ClN2/c1-8(9)7-10-11-5-3-2-4-6-11/h10H,1-7H2. The summed E-state index contributed by atoms with van der Waals surface area (Å²) in [6.07, 6.45) is 3.95. The molecule has 0 aromatic carbocycles. The molecule has 0 amide bonds. The van der Waals surface area contributed by atoms with Crippen LogP contribution in [0.25, 0.3) is 0 Å². The fourth-order valence-electron chi connectivity index (χ4n) is 1.25. The Bertz CT molecular complexity index is 130. The lowest BCUT2D eigenvalue weighted by molar-refractivity contribution is 0.162. The van der Waals surface area contributed by atoms with E-state index in [1.165, 1.54) is 19.3 Å². The summed E-state index contributed by atoms with van der Waals surface area (Å²) in [4.78, 5) is 0. The molecule has 1 saturated heterocycles. The summed E-state index contributed by atoms with van der Waals surface area (Å²) in [5, 5.41) is 2.90. The van der Waals surface area contributed by atoms with Crippen LogP contribution < -0.4 is 5.43 Å². The van der Waals surface area contributed by atoms with Crippen LogP contribution >= 0.6 is 11.6 Å². The van der Waals surface area contributed by atoms with Crippen molar-refractivity contribution in [1.82, 2.24) is 10.4 Å². The zero-order chi connectivity index (χ0) is 8.10. The van der Waals surface area contributed by atoms with Crippen molar-refractivity contribution >= 4 is 11.6 Å². The largest absolute Gasteiger partial charge is 0.250 e. The third-order valence-electron chi connectivity index (χ3n) is 1.85. The first-order valence-corrected chi connectivity index (χ1v) is 4.48. The highest BCUT2D eigenvalue weighted by atomic mass is 35.5. The molecule has 1 rings (SSSR count). The highest BCUT2D eigenvalue weighted by molar-refractivity contribution is 6.29. The summed E-state index contributed by atoms with van der Waals surface area (Å²) < 4.78 is 0. The van der Waals surface area contributed by atoms with Crippen molar-refractivity contribution in [3.8, 4) is 0 Å².